The van der Waals surface area contributed by atoms with Crippen LogP contribution in [0.25, 0.3) is 0 Å². The topological polar surface area (TPSA) is 49.9 Å². The van der Waals surface area contributed by atoms with Crippen molar-refractivity contribution in [2.24, 2.45) is 5.73 Å². The summed E-state index contributed by atoms with van der Waals surface area (Å²) in [6, 6.07) is 0. The number of nitrogens with two attached hydrogens (primary N) is 1. The van der Waals surface area contributed by atoms with Crippen LogP contribution in [0, 0.1) is 5.41 Å². The maximum Gasteiger partial charge on any atom is 0.151 e. The molecule has 0 bridgehead atoms. The highest BCUT2D eigenvalue weighted by Crippen LogP contribution is 1.96. The highest BCUT2D eigenvalue weighted by Gasteiger charge is 1.82. The van der Waals surface area contributed by atoms with E-state index < -0.39 is 0 Å². The standard InChI is InChI=1S/C5H10N2S.ClH/c1-2-3-4-8-5(6)7;/h2-3H,4H2,1H3,(H3,6,7);1H/b3-2+;. The molecule has 2 nitrogen and oxygen atoms in total. The first-order chi connectivity index (χ1) is 3.77. The second-order valence-electron chi connectivity index (χ2n) is 1.24. The fourth-order valence-electron chi connectivity index (χ4n) is 0.234. The number of rotatable bonds is 2. The first-order valence-electron chi connectivity index (χ1n) is 2.35. The summed E-state index contributed by atoms with van der Waals surface area (Å²) in [5.41, 5.74) is 5.05. The molecule has 0 aliphatic rings. The Kier molecular flexibility index (Phi) is 10.1. The van der Waals surface area contributed by atoms with Crippen molar-refractivity contribution >= 4 is 29.3 Å². The zero-order valence-corrected chi connectivity index (χ0v) is 6.89. The third-order valence-electron chi connectivity index (χ3n) is 0.571. The first-order valence-corrected chi connectivity index (χ1v) is 3.34. The van der Waals surface area contributed by atoms with Crippen LogP contribution in [-0.4, -0.2) is 10.9 Å². The van der Waals surface area contributed by atoms with Crippen LogP contribution < -0.4 is 5.73 Å². The molecule has 9 heavy (non-hydrogen) atoms. The van der Waals surface area contributed by atoms with Crippen molar-refractivity contribution in [1.82, 2.24) is 0 Å². The molecule has 0 radical (unpaired) electrons. The fourth-order valence-corrected chi connectivity index (χ4v) is 0.702. The molecule has 0 aromatic rings. The van der Waals surface area contributed by atoms with Crippen molar-refractivity contribution in [3.63, 3.8) is 0 Å². The summed E-state index contributed by atoms with van der Waals surface area (Å²) >= 11 is 1.33. The molecule has 0 unspecified atom stereocenters. The van der Waals surface area contributed by atoms with Gasteiger partial charge in [0.2, 0.25) is 0 Å². The minimum absolute atomic E-state index is 0. The summed E-state index contributed by atoms with van der Waals surface area (Å²) < 4.78 is 0. The molecule has 0 saturated heterocycles. The van der Waals surface area contributed by atoms with E-state index in [9.17, 15) is 0 Å². The van der Waals surface area contributed by atoms with Crippen LogP contribution in [0.15, 0.2) is 12.2 Å². The molecular formula is C5H11ClN2S. The van der Waals surface area contributed by atoms with Gasteiger partial charge in [-0.2, -0.15) is 0 Å². The van der Waals surface area contributed by atoms with Crippen LogP contribution in [0.4, 0.5) is 0 Å². The van der Waals surface area contributed by atoms with E-state index in [0.717, 1.165) is 5.75 Å². The number of thioether (sulfide) groups is 1. The molecule has 0 aliphatic carbocycles. The minimum atomic E-state index is 0. The lowest BCUT2D eigenvalue weighted by molar-refractivity contribution is 1.50. The van der Waals surface area contributed by atoms with E-state index in [1.807, 2.05) is 19.1 Å². The SMILES string of the molecule is C/C=C/CSC(=N)N.Cl. The van der Waals surface area contributed by atoms with E-state index in [2.05, 4.69) is 0 Å². The Morgan fingerprint density at radius 2 is 2.33 bits per heavy atom. The van der Waals surface area contributed by atoms with Crippen molar-refractivity contribution in [2.75, 3.05) is 5.75 Å². The monoisotopic (exact) mass is 166 g/mol. The Balaban J connectivity index is 0. The zero-order valence-electron chi connectivity index (χ0n) is 5.26. The first kappa shape index (κ1) is 11.6. The van der Waals surface area contributed by atoms with Crippen molar-refractivity contribution in [2.45, 2.75) is 6.92 Å². The summed E-state index contributed by atoms with van der Waals surface area (Å²) in [7, 11) is 0. The average molecular weight is 167 g/mol. The van der Waals surface area contributed by atoms with Crippen molar-refractivity contribution in [3.8, 4) is 0 Å². The quantitative estimate of drug-likeness (QED) is 0.372. The molecule has 54 valence electrons. The van der Waals surface area contributed by atoms with Gasteiger partial charge < -0.3 is 5.73 Å². The van der Waals surface area contributed by atoms with E-state index in [4.69, 9.17) is 11.1 Å². The van der Waals surface area contributed by atoms with E-state index in [-0.39, 0.29) is 17.6 Å². The number of amidine groups is 1. The number of halogens is 1. The highest BCUT2D eigenvalue weighted by atomic mass is 35.5. The van der Waals surface area contributed by atoms with Gasteiger partial charge in [-0.15, -0.1) is 12.4 Å². The third kappa shape index (κ3) is 11.4. The maximum atomic E-state index is 6.78. The van der Waals surface area contributed by atoms with Crippen LogP contribution in [0.2, 0.25) is 0 Å². The highest BCUT2D eigenvalue weighted by molar-refractivity contribution is 8.13. The lowest BCUT2D eigenvalue weighted by atomic mass is 10.6. The van der Waals surface area contributed by atoms with Crippen LogP contribution in [0.5, 0.6) is 0 Å². The number of allylic oxidation sites excluding steroid dienone is 1. The van der Waals surface area contributed by atoms with Crippen molar-refractivity contribution < 1.29 is 0 Å². The van der Waals surface area contributed by atoms with Crippen molar-refractivity contribution in [1.29, 1.82) is 5.41 Å². The summed E-state index contributed by atoms with van der Waals surface area (Å²) in [6.45, 7) is 1.95. The summed E-state index contributed by atoms with van der Waals surface area (Å²) in [5.74, 6) is 0.811. The van der Waals surface area contributed by atoms with Gasteiger partial charge in [-0.25, -0.2) is 0 Å². The molecule has 0 atom stereocenters. The number of hydrogen-bond donors (Lipinski definition) is 2. The Labute approximate surface area is 65.8 Å². The lowest BCUT2D eigenvalue weighted by Gasteiger charge is -1.88. The van der Waals surface area contributed by atoms with Gasteiger partial charge in [-0.3, -0.25) is 5.41 Å². The molecule has 0 aliphatic heterocycles. The second-order valence-corrected chi connectivity index (χ2v) is 2.31. The van der Waals surface area contributed by atoms with E-state index in [1.54, 1.807) is 0 Å². The maximum absolute atomic E-state index is 6.78. The molecule has 4 heteroatoms. The van der Waals surface area contributed by atoms with Crippen LogP contribution in [0.1, 0.15) is 6.92 Å². The summed E-state index contributed by atoms with van der Waals surface area (Å²) in [5, 5.41) is 6.96. The van der Waals surface area contributed by atoms with Gasteiger partial charge in [0, 0.05) is 5.75 Å². The summed E-state index contributed by atoms with van der Waals surface area (Å²) in [4.78, 5) is 0. The van der Waals surface area contributed by atoms with Gasteiger partial charge >= 0.3 is 0 Å². The summed E-state index contributed by atoms with van der Waals surface area (Å²) in [6.07, 6.45) is 3.90. The van der Waals surface area contributed by atoms with Gasteiger partial charge in [0.1, 0.15) is 0 Å². The molecule has 0 spiro atoms. The molecule has 0 fully saturated rings. The van der Waals surface area contributed by atoms with Gasteiger partial charge in [-0.1, -0.05) is 23.9 Å². The van der Waals surface area contributed by atoms with Crippen LogP contribution >= 0.6 is 24.2 Å². The lowest BCUT2D eigenvalue weighted by Crippen LogP contribution is -2.03. The molecule has 0 saturated carbocycles. The van der Waals surface area contributed by atoms with Crippen LogP contribution in [0.3, 0.4) is 0 Å². The second kappa shape index (κ2) is 7.85. The fraction of sp³-hybridized carbons (Fsp3) is 0.400. The number of nitrogens with one attached hydrogen (secondary N) is 1. The Hall–Kier alpha value is -0.150. The van der Waals surface area contributed by atoms with Gasteiger partial charge in [-0.05, 0) is 6.92 Å². The molecule has 0 heterocycles. The molecule has 0 aromatic carbocycles. The average Bonchev–Trinajstić information content (AvgIpc) is 1.66. The molecule has 0 rings (SSSR count). The normalized spacial score (nSPS) is 9.00. The Morgan fingerprint density at radius 3 is 2.67 bits per heavy atom. The largest absolute Gasteiger partial charge is 0.379 e. The van der Waals surface area contributed by atoms with E-state index >= 15 is 0 Å². The van der Waals surface area contributed by atoms with Crippen LogP contribution in [-0.2, 0) is 0 Å². The minimum Gasteiger partial charge on any atom is -0.379 e. The van der Waals surface area contributed by atoms with Crippen molar-refractivity contribution in [3.05, 3.63) is 12.2 Å². The predicted octanol–water partition coefficient (Wildman–Crippen LogP) is 1.61. The smallest absolute Gasteiger partial charge is 0.151 e. The van der Waals surface area contributed by atoms with Gasteiger partial charge in [0.25, 0.3) is 0 Å². The van der Waals surface area contributed by atoms with E-state index in [1.165, 1.54) is 11.8 Å². The Morgan fingerprint density at radius 1 is 1.78 bits per heavy atom. The molecule has 0 aromatic heterocycles. The third-order valence-corrected chi connectivity index (χ3v) is 1.24. The molecule has 0 amide bonds. The van der Waals surface area contributed by atoms with Gasteiger partial charge in [0.05, 0.1) is 0 Å². The molecule has 3 N–H and O–H groups in total. The van der Waals surface area contributed by atoms with Gasteiger partial charge in [0.15, 0.2) is 5.17 Å². The molecular weight excluding hydrogens is 156 g/mol. The predicted molar refractivity (Wildman–Crippen MR) is 46.4 cm³/mol. The zero-order chi connectivity index (χ0) is 6.41. The number of hydrogen-bond acceptors (Lipinski definition) is 2. The van der Waals surface area contributed by atoms with E-state index in [0.29, 0.717) is 0 Å². The Bertz CT molecular complexity index is 103.